The second kappa shape index (κ2) is 7.63. The average molecular weight is 318 g/mol. The number of carboxylic acid groups (broad SMARTS) is 1. The van der Waals surface area contributed by atoms with E-state index in [2.05, 4.69) is 0 Å². The summed E-state index contributed by atoms with van der Waals surface area (Å²) < 4.78 is 25.3. The molecule has 1 unspecified atom stereocenters. The minimum absolute atomic E-state index is 0.0346. The first kappa shape index (κ1) is 16.8. The SMILES string of the molecule is COc1ccc(OCc2ccccc2)c(F)c1CC(C)C(=O)O. The summed E-state index contributed by atoms with van der Waals surface area (Å²) in [5, 5.41) is 9.02. The predicted molar refractivity (Wildman–Crippen MR) is 84.2 cm³/mol. The molecule has 0 saturated heterocycles. The standard InChI is InChI=1S/C18H19FO4/c1-12(18(20)21)10-14-15(22-2)8-9-16(17(14)19)23-11-13-6-4-3-5-7-13/h3-9,12H,10-11H2,1-2H3,(H,20,21). The number of halogens is 1. The van der Waals surface area contributed by atoms with Crippen molar-refractivity contribution < 1.29 is 23.8 Å². The second-order valence-electron chi connectivity index (χ2n) is 5.28. The first-order chi connectivity index (χ1) is 11.0. The normalized spacial score (nSPS) is 11.8. The van der Waals surface area contributed by atoms with E-state index in [-0.39, 0.29) is 24.3 Å². The smallest absolute Gasteiger partial charge is 0.306 e. The molecule has 1 N–H and O–H groups in total. The van der Waals surface area contributed by atoms with Crippen LogP contribution >= 0.6 is 0 Å². The Bertz CT molecular complexity index is 670. The number of aliphatic carboxylic acids is 1. The van der Waals surface area contributed by atoms with E-state index < -0.39 is 17.7 Å². The maximum absolute atomic E-state index is 14.6. The van der Waals surface area contributed by atoms with Gasteiger partial charge < -0.3 is 14.6 Å². The summed E-state index contributed by atoms with van der Waals surface area (Å²) in [5.74, 6) is -1.87. The highest BCUT2D eigenvalue weighted by Crippen LogP contribution is 2.31. The Labute approximate surface area is 134 Å². The molecule has 5 heteroatoms. The molecule has 0 aliphatic carbocycles. The van der Waals surface area contributed by atoms with E-state index in [0.29, 0.717) is 5.75 Å². The number of methoxy groups -OCH3 is 1. The lowest BCUT2D eigenvalue weighted by Crippen LogP contribution is -2.14. The first-order valence-corrected chi connectivity index (χ1v) is 7.27. The van der Waals surface area contributed by atoms with Crippen molar-refractivity contribution in [3.8, 4) is 11.5 Å². The summed E-state index contributed by atoms with van der Waals surface area (Å²) >= 11 is 0. The van der Waals surface area contributed by atoms with Gasteiger partial charge in [0.1, 0.15) is 12.4 Å². The number of benzene rings is 2. The van der Waals surface area contributed by atoms with E-state index >= 15 is 0 Å². The highest BCUT2D eigenvalue weighted by Gasteiger charge is 2.21. The zero-order chi connectivity index (χ0) is 16.8. The average Bonchev–Trinajstić information content (AvgIpc) is 2.56. The number of ether oxygens (including phenoxy) is 2. The van der Waals surface area contributed by atoms with Crippen molar-refractivity contribution in [2.75, 3.05) is 7.11 Å². The molecule has 0 aliphatic rings. The molecule has 0 saturated carbocycles. The Hall–Kier alpha value is -2.56. The molecule has 0 amide bonds. The van der Waals surface area contributed by atoms with Crippen LogP contribution in [0, 0.1) is 11.7 Å². The predicted octanol–water partition coefficient (Wildman–Crippen LogP) is 3.68. The van der Waals surface area contributed by atoms with Crippen LogP contribution in [0.2, 0.25) is 0 Å². The Balaban J connectivity index is 2.22. The van der Waals surface area contributed by atoms with Crippen LogP contribution in [0.25, 0.3) is 0 Å². The molecule has 2 aromatic rings. The Kier molecular flexibility index (Phi) is 5.57. The number of carboxylic acids is 1. The first-order valence-electron chi connectivity index (χ1n) is 7.27. The maximum atomic E-state index is 14.6. The molecule has 0 fully saturated rings. The molecule has 2 rings (SSSR count). The van der Waals surface area contributed by atoms with Gasteiger partial charge in [0.2, 0.25) is 0 Å². The largest absolute Gasteiger partial charge is 0.496 e. The summed E-state index contributed by atoms with van der Waals surface area (Å²) in [7, 11) is 1.42. The lowest BCUT2D eigenvalue weighted by molar-refractivity contribution is -0.141. The molecule has 2 aromatic carbocycles. The quantitative estimate of drug-likeness (QED) is 0.846. The zero-order valence-electron chi connectivity index (χ0n) is 13.1. The molecule has 4 nitrogen and oxygen atoms in total. The van der Waals surface area contributed by atoms with Crippen LogP contribution < -0.4 is 9.47 Å². The summed E-state index contributed by atoms with van der Waals surface area (Å²) in [5.41, 5.74) is 1.14. The fourth-order valence-electron chi connectivity index (χ4n) is 2.20. The van der Waals surface area contributed by atoms with Crippen molar-refractivity contribution in [2.45, 2.75) is 20.0 Å². The Morgan fingerprint density at radius 3 is 2.43 bits per heavy atom. The molecule has 122 valence electrons. The van der Waals surface area contributed by atoms with Gasteiger partial charge in [0.05, 0.1) is 13.0 Å². The van der Waals surface area contributed by atoms with Crippen molar-refractivity contribution in [3.05, 3.63) is 59.4 Å². The van der Waals surface area contributed by atoms with Gasteiger partial charge in [-0.25, -0.2) is 4.39 Å². The fraction of sp³-hybridized carbons (Fsp3) is 0.278. The van der Waals surface area contributed by atoms with Gasteiger partial charge in [0.15, 0.2) is 11.6 Å². The minimum Gasteiger partial charge on any atom is -0.496 e. The monoisotopic (exact) mass is 318 g/mol. The van der Waals surface area contributed by atoms with E-state index in [1.54, 1.807) is 6.07 Å². The van der Waals surface area contributed by atoms with Crippen LogP contribution in [-0.2, 0) is 17.8 Å². The van der Waals surface area contributed by atoms with E-state index in [1.165, 1.54) is 20.1 Å². The topological polar surface area (TPSA) is 55.8 Å². The van der Waals surface area contributed by atoms with Gasteiger partial charge in [0.25, 0.3) is 0 Å². The Morgan fingerprint density at radius 1 is 1.17 bits per heavy atom. The maximum Gasteiger partial charge on any atom is 0.306 e. The highest BCUT2D eigenvalue weighted by molar-refractivity contribution is 5.70. The molecule has 23 heavy (non-hydrogen) atoms. The van der Waals surface area contributed by atoms with Crippen molar-refractivity contribution >= 4 is 5.97 Å². The van der Waals surface area contributed by atoms with Crippen molar-refractivity contribution in [3.63, 3.8) is 0 Å². The molecule has 1 atom stereocenters. The molecule has 0 aromatic heterocycles. The van der Waals surface area contributed by atoms with E-state index in [9.17, 15) is 9.18 Å². The molecular formula is C18H19FO4. The van der Waals surface area contributed by atoms with Crippen molar-refractivity contribution in [2.24, 2.45) is 5.92 Å². The summed E-state index contributed by atoms with van der Waals surface area (Å²) in [6.45, 7) is 1.76. The van der Waals surface area contributed by atoms with Gasteiger partial charge >= 0.3 is 5.97 Å². The fourth-order valence-corrected chi connectivity index (χ4v) is 2.20. The number of hydrogen-bond acceptors (Lipinski definition) is 3. The third-order valence-electron chi connectivity index (χ3n) is 3.55. The highest BCUT2D eigenvalue weighted by atomic mass is 19.1. The lowest BCUT2D eigenvalue weighted by atomic mass is 9.99. The van der Waals surface area contributed by atoms with E-state index in [0.717, 1.165) is 5.56 Å². The third-order valence-corrected chi connectivity index (χ3v) is 3.55. The van der Waals surface area contributed by atoms with Gasteiger partial charge in [-0.1, -0.05) is 37.3 Å². The van der Waals surface area contributed by atoms with Crippen LogP contribution in [0.5, 0.6) is 11.5 Å². The molecule has 0 aliphatic heterocycles. The Morgan fingerprint density at radius 2 is 1.83 bits per heavy atom. The van der Waals surface area contributed by atoms with Gasteiger partial charge in [0, 0.05) is 5.56 Å². The molecule has 0 bridgehead atoms. The summed E-state index contributed by atoms with van der Waals surface area (Å²) in [6, 6.07) is 12.5. The van der Waals surface area contributed by atoms with Crippen LogP contribution in [0.3, 0.4) is 0 Å². The van der Waals surface area contributed by atoms with Gasteiger partial charge in [-0.15, -0.1) is 0 Å². The summed E-state index contributed by atoms with van der Waals surface area (Å²) in [6.07, 6.45) is 0.0346. The summed E-state index contributed by atoms with van der Waals surface area (Å²) in [4.78, 5) is 11.0. The van der Waals surface area contributed by atoms with Crippen LogP contribution in [0.4, 0.5) is 4.39 Å². The van der Waals surface area contributed by atoms with E-state index in [1.807, 2.05) is 30.3 Å². The van der Waals surface area contributed by atoms with Crippen molar-refractivity contribution in [1.82, 2.24) is 0 Å². The van der Waals surface area contributed by atoms with Crippen LogP contribution in [-0.4, -0.2) is 18.2 Å². The van der Waals surface area contributed by atoms with Crippen molar-refractivity contribution in [1.29, 1.82) is 0 Å². The molecule has 0 radical (unpaired) electrons. The van der Waals surface area contributed by atoms with Crippen LogP contribution in [0.15, 0.2) is 42.5 Å². The number of carbonyl (C=O) groups is 1. The molecular weight excluding hydrogens is 299 g/mol. The zero-order valence-corrected chi connectivity index (χ0v) is 13.1. The van der Waals surface area contributed by atoms with Crippen LogP contribution in [0.1, 0.15) is 18.1 Å². The number of hydrogen-bond donors (Lipinski definition) is 1. The van der Waals surface area contributed by atoms with Gasteiger partial charge in [-0.2, -0.15) is 0 Å². The van der Waals surface area contributed by atoms with Gasteiger partial charge in [-0.05, 0) is 24.1 Å². The molecule has 0 heterocycles. The lowest BCUT2D eigenvalue weighted by Gasteiger charge is -2.15. The number of rotatable bonds is 7. The minimum atomic E-state index is -0.984. The molecule has 0 spiro atoms. The van der Waals surface area contributed by atoms with E-state index in [4.69, 9.17) is 14.6 Å². The van der Waals surface area contributed by atoms with Gasteiger partial charge in [-0.3, -0.25) is 4.79 Å². The second-order valence-corrected chi connectivity index (χ2v) is 5.28. The third kappa shape index (κ3) is 4.22.